The van der Waals surface area contributed by atoms with Crippen molar-refractivity contribution in [3.63, 3.8) is 0 Å². The van der Waals surface area contributed by atoms with Crippen molar-refractivity contribution in [2.45, 2.75) is 65.6 Å². The summed E-state index contributed by atoms with van der Waals surface area (Å²) >= 11 is 0. The van der Waals surface area contributed by atoms with Crippen LogP contribution in [0.25, 0.3) is 0 Å². The highest BCUT2D eigenvalue weighted by Gasteiger charge is 2.13. The van der Waals surface area contributed by atoms with E-state index in [1.807, 2.05) is 18.2 Å². The number of hydrogen-bond acceptors (Lipinski definition) is 4. The molecule has 2 rings (SSSR count). The van der Waals surface area contributed by atoms with Crippen LogP contribution in [0.15, 0.2) is 39.8 Å². The molecule has 6 heteroatoms. The minimum absolute atomic E-state index is 0.460. The zero-order valence-electron chi connectivity index (χ0n) is 17.6. The van der Waals surface area contributed by atoms with E-state index in [2.05, 4.69) is 53.7 Å². The van der Waals surface area contributed by atoms with Gasteiger partial charge < -0.3 is 19.9 Å². The summed E-state index contributed by atoms with van der Waals surface area (Å²) in [6, 6.07) is 10.4. The maximum absolute atomic E-state index is 5.70. The molecule has 1 aromatic carbocycles. The van der Waals surface area contributed by atoms with Crippen molar-refractivity contribution in [3.05, 3.63) is 52.9 Å². The summed E-state index contributed by atoms with van der Waals surface area (Å²) in [5.41, 5.74) is 3.44. The molecule has 0 spiro atoms. The van der Waals surface area contributed by atoms with E-state index in [0.717, 1.165) is 43.3 Å². The van der Waals surface area contributed by atoms with Gasteiger partial charge >= 0.3 is 0 Å². The average Bonchev–Trinajstić information content (AvgIpc) is 3.19. The van der Waals surface area contributed by atoms with Crippen LogP contribution < -0.4 is 10.6 Å². The van der Waals surface area contributed by atoms with Crippen molar-refractivity contribution < 1.29 is 9.26 Å². The van der Waals surface area contributed by atoms with Crippen LogP contribution >= 0.6 is 0 Å². The van der Waals surface area contributed by atoms with Gasteiger partial charge in [-0.1, -0.05) is 50.2 Å². The molecule has 6 nitrogen and oxygen atoms in total. The Bertz CT molecular complexity index is 723. The number of aliphatic imine (C=N–C) groups is 1. The van der Waals surface area contributed by atoms with Crippen molar-refractivity contribution in [3.8, 4) is 0 Å². The molecule has 0 saturated heterocycles. The second kappa shape index (κ2) is 12.2. The molecule has 0 fully saturated rings. The highest BCUT2D eigenvalue weighted by molar-refractivity contribution is 5.79. The number of nitrogens with zero attached hydrogens (tertiary/aromatic N) is 2. The Morgan fingerprint density at radius 1 is 1.11 bits per heavy atom. The predicted octanol–water partition coefficient (Wildman–Crippen LogP) is 4.37. The summed E-state index contributed by atoms with van der Waals surface area (Å²) in [5.74, 6) is 2.00. The molecule has 0 unspecified atom stereocenters. The fraction of sp³-hybridized carbons (Fsp3) is 0.545. The number of ether oxygens (including phenoxy) is 1. The minimum atomic E-state index is 0.460. The summed E-state index contributed by atoms with van der Waals surface area (Å²) in [7, 11) is 1.77. The van der Waals surface area contributed by atoms with Gasteiger partial charge in [0.15, 0.2) is 11.7 Å². The van der Waals surface area contributed by atoms with E-state index in [-0.39, 0.29) is 0 Å². The first-order valence-electron chi connectivity index (χ1n) is 10.3. The third kappa shape index (κ3) is 6.68. The lowest BCUT2D eigenvalue weighted by Crippen LogP contribution is -2.36. The quantitative estimate of drug-likeness (QED) is 0.341. The Labute approximate surface area is 168 Å². The summed E-state index contributed by atoms with van der Waals surface area (Å²) in [6.45, 7) is 9.12. The maximum atomic E-state index is 5.70. The van der Waals surface area contributed by atoms with Crippen LogP contribution in [-0.4, -0.2) is 24.8 Å². The van der Waals surface area contributed by atoms with Crippen molar-refractivity contribution in [2.75, 3.05) is 13.7 Å². The molecule has 1 aromatic heterocycles. The van der Waals surface area contributed by atoms with E-state index in [9.17, 15) is 0 Å². The summed E-state index contributed by atoms with van der Waals surface area (Å²) in [5, 5.41) is 10.9. The van der Waals surface area contributed by atoms with Crippen molar-refractivity contribution in [2.24, 2.45) is 4.99 Å². The molecule has 154 valence electrons. The minimum Gasteiger partial charge on any atom is -0.377 e. The molecule has 0 aliphatic heterocycles. The average molecular weight is 387 g/mol. The molecule has 2 aromatic rings. The third-order valence-electron chi connectivity index (χ3n) is 4.81. The lowest BCUT2D eigenvalue weighted by atomic mass is 9.99. The lowest BCUT2D eigenvalue weighted by Gasteiger charge is -2.14. The van der Waals surface area contributed by atoms with Gasteiger partial charge in [0.1, 0.15) is 0 Å². The second-order valence-corrected chi connectivity index (χ2v) is 6.83. The largest absolute Gasteiger partial charge is 0.377 e. The van der Waals surface area contributed by atoms with Crippen LogP contribution in [0.4, 0.5) is 0 Å². The van der Waals surface area contributed by atoms with Gasteiger partial charge in [0, 0.05) is 32.2 Å². The van der Waals surface area contributed by atoms with Crippen molar-refractivity contribution >= 4 is 5.96 Å². The standard InChI is InChI=1S/C22H34N4O2/c1-5-12-27-16-19-11-9-8-10-18(19)14-24-22(23-4)25-15-20-13-21(26-28-20)17(6-2)7-3/h8-11,13,17H,5-7,12,14-16H2,1-4H3,(H2,23,24,25). The van der Waals surface area contributed by atoms with Crippen LogP contribution in [0.2, 0.25) is 0 Å². The number of aromatic nitrogens is 1. The van der Waals surface area contributed by atoms with Gasteiger partial charge in [-0.25, -0.2) is 0 Å². The van der Waals surface area contributed by atoms with Crippen LogP contribution in [0, 0.1) is 0 Å². The zero-order valence-corrected chi connectivity index (χ0v) is 17.6. The van der Waals surface area contributed by atoms with Crippen LogP contribution in [0.5, 0.6) is 0 Å². The zero-order chi connectivity index (χ0) is 20.2. The van der Waals surface area contributed by atoms with E-state index in [4.69, 9.17) is 9.26 Å². The second-order valence-electron chi connectivity index (χ2n) is 6.83. The van der Waals surface area contributed by atoms with Gasteiger partial charge in [0.2, 0.25) is 0 Å². The Hall–Kier alpha value is -2.34. The Balaban J connectivity index is 1.87. The van der Waals surface area contributed by atoms with Gasteiger partial charge in [-0.2, -0.15) is 0 Å². The molecule has 1 heterocycles. The predicted molar refractivity (Wildman–Crippen MR) is 113 cm³/mol. The smallest absolute Gasteiger partial charge is 0.191 e. The fourth-order valence-electron chi connectivity index (χ4n) is 3.08. The molecule has 0 radical (unpaired) electrons. The lowest BCUT2D eigenvalue weighted by molar-refractivity contribution is 0.121. The molecule has 2 N–H and O–H groups in total. The summed E-state index contributed by atoms with van der Waals surface area (Å²) < 4.78 is 11.2. The molecule has 28 heavy (non-hydrogen) atoms. The molecule has 0 bridgehead atoms. The normalized spacial score (nSPS) is 11.8. The van der Waals surface area contributed by atoms with Crippen LogP contribution in [-0.2, 0) is 24.4 Å². The van der Waals surface area contributed by atoms with Gasteiger partial charge in [0.25, 0.3) is 0 Å². The van der Waals surface area contributed by atoms with E-state index in [0.29, 0.717) is 25.6 Å². The SMILES string of the molecule is CCCOCc1ccccc1CNC(=NC)NCc1cc(C(CC)CC)no1. The molecular weight excluding hydrogens is 352 g/mol. The van der Waals surface area contributed by atoms with Crippen molar-refractivity contribution in [1.29, 1.82) is 0 Å². The van der Waals surface area contributed by atoms with E-state index >= 15 is 0 Å². The van der Waals surface area contributed by atoms with Crippen LogP contribution in [0.1, 0.15) is 68.5 Å². The van der Waals surface area contributed by atoms with Gasteiger partial charge in [0.05, 0.1) is 18.8 Å². The number of nitrogens with one attached hydrogen (secondary N) is 2. The topological polar surface area (TPSA) is 71.7 Å². The van der Waals surface area contributed by atoms with Crippen molar-refractivity contribution in [1.82, 2.24) is 15.8 Å². The van der Waals surface area contributed by atoms with E-state index in [1.54, 1.807) is 7.05 Å². The molecule has 0 amide bonds. The number of guanidine groups is 1. The van der Waals surface area contributed by atoms with Gasteiger partial charge in [-0.3, -0.25) is 4.99 Å². The first kappa shape index (κ1) is 22.0. The highest BCUT2D eigenvalue weighted by Crippen LogP contribution is 2.22. The van der Waals surface area contributed by atoms with E-state index in [1.165, 1.54) is 11.1 Å². The number of rotatable bonds is 11. The first-order chi connectivity index (χ1) is 13.7. The Morgan fingerprint density at radius 3 is 2.50 bits per heavy atom. The fourth-order valence-corrected chi connectivity index (χ4v) is 3.08. The molecule has 0 saturated carbocycles. The van der Waals surface area contributed by atoms with E-state index < -0.39 is 0 Å². The maximum Gasteiger partial charge on any atom is 0.191 e. The summed E-state index contributed by atoms with van der Waals surface area (Å²) in [6.07, 6.45) is 3.17. The summed E-state index contributed by atoms with van der Waals surface area (Å²) in [4.78, 5) is 4.30. The molecular formula is C22H34N4O2. The molecule has 0 aliphatic carbocycles. The Morgan fingerprint density at radius 2 is 1.82 bits per heavy atom. The first-order valence-corrected chi connectivity index (χ1v) is 10.3. The number of hydrogen-bond donors (Lipinski definition) is 2. The van der Waals surface area contributed by atoms with Crippen LogP contribution in [0.3, 0.4) is 0 Å². The highest BCUT2D eigenvalue weighted by atomic mass is 16.5. The molecule has 0 aliphatic rings. The van der Waals surface area contributed by atoms with Gasteiger partial charge in [-0.05, 0) is 30.4 Å². The molecule has 0 atom stereocenters. The van der Waals surface area contributed by atoms with Gasteiger partial charge in [-0.15, -0.1) is 0 Å². The number of benzene rings is 1. The Kier molecular flexibility index (Phi) is 9.55. The monoisotopic (exact) mass is 386 g/mol. The third-order valence-corrected chi connectivity index (χ3v) is 4.81.